The van der Waals surface area contributed by atoms with E-state index >= 15 is 0 Å². The third kappa shape index (κ3) is 2.57. The van der Waals surface area contributed by atoms with Crippen LogP contribution < -0.4 is 5.32 Å². The van der Waals surface area contributed by atoms with Crippen LogP contribution in [0.25, 0.3) is 0 Å². The molecule has 2 aromatic rings. The molecular weight excluding hydrogens is 236 g/mol. The molecule has 0 radical (unpaired) electrons. The van der Waals surface area contributed by atoms with Crippen molar-refractivity contribution < 1.29 is 10.0 Å². The maximum Gasteiger partial charge on any atom is 0.296 e. The monoisotopic (exact) mass is 248 g/mol. The number of nitro groups is 1. The van der Waals surface area contributed by atoms with Gasteiger partial charge in [0.1, 0.15) is 17.3 Å². The number of benzene rings is 1. The van der Waals surface area contributed by atoms with Gasteiger partial charge in [0, 0.05) is 0 Å². The van der Waals surface area contributed by atoms with Gasteiger partial charge in [0.15, 0.2) is 0 Å². The molecule has 0 fully saturated rings. The molecule has 1 aromatic heterocycles. The molecule has 0 bridgehead atoms. The first-order chi connectivity index (χ1) is 8.56. The molecule has 0 amide bonds. The number of anilines is 1. The number of phenols is 1. The molecule has 7 nitrogen and oxygen atoms in total. The van der Waals surface area contributed by atoms with Gasteiger partial charge in [-0.05, 0) is 19.1 Å². The summed E-state index contributed by atoms with van der Waals surface area (Å²) in [5.41, 5.74) is 1.02. The number of aromatic nitrogens is 2. The Morgan fingerprint density at radius 1 is 1.56 bits per heavy atom. The van der Waals surface area contributed by atoms with Crippen LogP contribution in [0.2, 0.25) is 0 Å². The van der Waals surface area contributed by atoms with E-state index in [1.807, 2.05) is 6.92 Å². The molecule has 0 unspecified atom stereocenters. The van der Waals surface area contributed by atoms with Crippen molar-refractivity contribution in [1.29, 1.82) is 0 Å². The summed E-state index contributed by atoms with van der Waals surface area (Å²) in [6, 6.07) is 3.98. The van der Waals surface area contributed by atoms with Crippen LogP contribution in [0.15, 0.2) is 24.4 Å². The largest absolute Gasteiger partial charge is 0.508 e. The fraction of sp³-hybridized carbons (Fsp3) is 0.182. The number of nitrogens with zero attached hydrogens (tertiary/aromatic N) is 2. The highest BCUT2D eigenvalue weighted by Crippen LogP contribution is 2.28. The summed E-state index contributed by atoms with van der Waals surface area (Å²) in [7, 11) is 0. The van der Waals surface area contributed by atoms with Gasteiger partial charge in [0.25, 0.3) is 5.69 Å². The van der Waals surface area contributed by atoms with Gasteiger partial charge in [-0.25, -0.2) is 4.98 Å². The van der Waals surface area contributed by atoms with Crippen LogP contribution in [-0.4, -0.2) is 20.0 Å². The highest BCUT2D eigenvalue weighted by atomic mass is 16.6. The Balaban J connectivity index is 2.16. The average Bonchev–Trinajstić information content (AvgIpc) is 2.73. The van der Waals surface area contributed by atoms with Crippen LogP contribution in [0.5, 0.6) is 5.75 Å². The topological polar surface area (TPSA) is 104 Å². The second-order valence-electron chi connectivity index (χ2n) is 3.81. The third-order valence-corrected chi connectivity index (χ3v) is 2.40. The van der Waals surface area contributed by atoms with E-state index in [1.165, 1.54) is 12.1 Å². The molecule has 0 spiro atoms. The fourth-order valence-corrected chi connectivity index (χ4v) is 1.57. The second kappa shape index (κ2) is 4.74. The van der Waals surface area contributed by atoms with Crippen LogP contribution in [0.1, 0.15) is 11.5 Å². The molecule has 7 heteroatoms. The Kier molecular flexibility index (Phi) is 3.13. The summed E-state index contributed by atoms with van der Waals surface area (Å²) >= 11 is 0. The zero-order chi connectivity index (χ0) is 13.1. The number of nitro benzene ring substituents is 1. The van der Waals surface area contributed by atoms with Crippen molar-refractivity contribution in [2.45, 2.75) is 13.5 Å². The minimum Gasteiger partial charge on any atom is -0.508 e. The molecule has 94 valence electrons. The first-order valence-electron chi connectivity index (χ1n) is 5.28. The van der Waals surface area contributed by atoms with Gasteiger partial charge < -0.3 is 15.4 Å². The summed E-state index contributed by atoms with van der Waals surface area (Å²) in [5.74, 6) is 0.650. The molecule has 1 heterocycles. The number of H-pyrrole nitrogens is 1. The number of phenolic OH excluding ortho intramolecular Hbond substituents is 1. The van der Waals surface area contributed by atoms with Gasteiger partial charge >= 0.3 is 0 Å². The minimum absolute atomic E-state index is 0.135. The fourth-order valence-electron chi connectivity index (χ4n) is 1.57. The lowest BCUT2D eigenvalue weighted by molar-refractivity contribution is -0.384. The van der Waals surface area contributed by atoms with Crippen LogP contribution >= 0.6 is 0 Å². The minimum atomic E-state index is -0.541. The standard InChI is InChI=1S/C11H12N4O3/c1-7-12-5-8(14-7)6-13-10-3-2-9(16)4-11(10)15(17)18/h2-5,13,16H,6H2,1H3,(H,12,14). The van der Waals surface area contributed by atoms with Gasteiger partial charge in [-0.2, -0.15) is 0 Å². The maximum absolute atomic E-state index is 10.8. The van der Waals surface area contributed by atoms with Crippen molar-refractivity contribution in [3.63, 3.8) is 0 Å². The smallest absolute Gasteiger partial charge is 0.296 e. The van der Waals surface area contributed by atoms with Gasteiger partial charge in [0.05, 0.1) is 29.4 Å². The van der Waals surface area contributed by atoms with E-state index in [1.54, 1.807) is 6.20 Å². The summed E-state index contributed by atoms with van der Waals surface area (Å²) in [6.45, 7) is 2.22. The van der Waals surface area contributed by atoms with Gasteiger partial charge in [-0.3, -0.25) is 10.1 Å². The van der Waals surface area contributed by atoms with Crippen LogP contribution in [-0.2, 0) is 6.54 Å². The summed E-state index contributed by atoms with van der Waals surface area (Å²) in [4.78, 5) is 17.3. The molecule has 18 heavy (non-hydrogen) atoms. The SMILES string of the molecule is Cc1ncc(CNc2ccc(O)cc2[N+](=O)[O-])[nH]1. The van der Waals surface area contributed by atoms with Crippen molar-refractivity contribution in [3.05, 3.63) is 46.0 Å². The van der Waals surface area contributed by atoms with E-state index in [0.29, 0.717) is 12.2 Å². The van der Waals surface area contributed by atoms with Crippen molar-refractivity contribution in [2.75, 3.05) is 5.32 Å². The number of nitrogens with one attached hydrogen (secondary N) is 2. The lowest BCUT2D eigenvalue weighted by atomic mass is 10.2. The van der Waals surface area contributed by atoms with Gasteiger partial charge in [-0.15, -0.1) is 0 Å². The Morgan fingerprint density at radius 2 is 2.33 bits per heavy atom. The number of aryl methyl sites for hydroxylation is 1. The normalized spacial score (nSPS) is 10.3. The van der Waals surface area contributed by atoms with E-state index < -0.39 is 4.92 Å². The Morgan fingerprint density at radius 3 is 2.94 bits per heavy atom. The molecule has 0 saturated carbocycles. The number of hydrogen-bond acceptors (Lipinski definition) is 5. The number of hydrogen-bond donors (Lipinski definition) is 3. The maximum atomic E-state index is 10.8. The average molecular weight is 248 g/mol. The van der Waals surface area contributed by atoms with Crippen molar-refractivity contribution >= 4 is 11.4 Å². The Hall–Kier alpha value is -2.57. The third-order valence-electron chi connectivity index (χ3n) is 2.40. The first kappa shape index (κ1) is 11.9. The number of aromatic hydroxyl groups is 1. The van der Waals surface area contributed by atoms with E-state index in [9.17, 15) is 15.2 Å². The van der Waals surface area contributed by atoms with Crippen LogP contribution in [0.3, 0.4) is 0 Å². The molecular formula is C11H12N4O3. The molecule has 2 rings (SSSR count). The molecule has 0 aliphatic carbocycles. The number of rotatable bonds is 4. The highest BCUT2D eigenvalue weighted by molar-refractivity contribution is 5.63. The molecule has 3 N–H and O–H groups in total. The highest BCUT2D eigenvalue weighted by Gasteiger charge is 2.14. The van der Waals surface area contributed by atoms with E-state index in [2.05, 4.69) is 15.3 Å². The molecule has 1 aromatic carbocycles. The molecule has 0 atom stereocenters. The van der Waals surface area contributed by atoms with E-state index in [4.69, 9.17) is 0 Å². The molecule has 0 aliphatic heterocycles. The zero-order valence-corrected chi connectivity index (χ0v) is 9.67. The summed E-state index contributed by atoms with van der Waals surface area (Å²) in [6.07, 6.45) is 1.66. The van der Waals surface area contributed by atoms with Gasteiger partial charge in [0.2, 0.25) is 0 Å². The van der Waals surface area contributed by atoms with Crippen molar-refractivity contribution in [2.24, 2.45) is 0 Å². The van der Waals surface area contributed by atoms with Crippen molar-refractivity contribution in [1.82, 2.24) is 9.97 Å². The lowest BCUT2D eigenvalue weighted by Crippen LogP contribution is -2.02. The predicted molar refractivity (Wildman–Crippen MR) is 65.4 cm³/mol. The molecule has 0 saturated heterocycles. The number of aromatic amines is 1. The molecule has 0 aliphatic rings. The van der Waals surface area contributed by atoms with E-state index in [-0.39, 0.29) is 11.4 Å². The predicted octanol–water partition coefficient (Wildman–Crippen LogP) is 1.94. The quantitative estimate of drug-likeness (QED) is 0.435. The van der Waals surface area contributed by atoms with Crippen LogP contribution in [0.4, 0.5) is 11.4 Å². The number of imidazole rings is 1. The van der Waals surface area contributed by atoms with E-state index in [0.717, 1.165) is 17.6 Å². The summed E-state index contributed by atoms with van der Waals surface area (Å²) in [5, 5.41) is 23.0. The van der Waals surface area contributed by atoms with Crippen LogP contribution in [0, 0.1) is 17.0 Å². The first-order valence-corrected chi connectivity index (χ1v) is 5.28. The van der Waals surface area contributed by atoms with Crippen molar-refractivity contribution in [3.8, 4) is 5.75 Å². The second-order valence-corrected chi connectivity index (χ2v) is 3.81. The summed E-state index contributed by atoms with van der Waals surface area (Å²) < 4.78 is 0. The zero-order valence-electron chi connectivity index (χ0n) is 9.67. The Bertz CT molecular complexity index is 579. The van der Waals surface area contributed by atoms with Gasteiger partial charge in [-0.1, -0.05) is 0 Å². The Labute approximate surface area is 103 Å². The lowest BCUT2D eigenvalue weighted by Gasteiger charge is -2.05.